The molecule has 0 amide bonds. The van der Waals surface area contributed by atoms with E-state index in [0.717, 1.165) is 25.7 Å². The molecule has 0 aromatic heterocycles. The molecular formula is C21H20O6. The third-order valence-corrected chi connectivity index (χ3v) is 9.60. The van der Waals surface area contributed by atoms with E-state index in [9.17, 15) is 19.2 Å². The second kappa shape index (κ2) is 4.06. The molecule has 5 aliphatic carbocycles. The van der Waals surface area contributed by atoms with Crippen molar-refractivity contribution < 1.29 is 28.7 Å². The van der Waals surface area contributed by atoms with Gasteiger partial charge < -0.3 is 9.47 Å². The lowest BCUT2D eigenvalue weighted by molar-refractivity contribution is -0.181. The molecule has 0 N–H and O–H groups in total. The van der Waals surface area contributed by atoms with Gasteiger partial charge in [0.25, 0.3) is 0 Å². The normalized spacial score (nSPS) is 58.9. The van der Waals surface area contributed by atoms with Gasteiger partial charge >= 0.3 is 17.9 Å². The molecular weight excluding hydrogens is 348 g/mol. The zero-order chi connectivity index (χ0) is 18.5. The van der Waals surface area contributed by atoms with E-state index in [1.165, 1.54) is 0 Å². The largest absolute Gasteiger partial charge is 0.431 e. The van der Waals surface area contributed by atoms with Gasteiger partial charge in [0.2, 0.25) is 0 Å². The number of allylic oxidation sites excluding steroid dienone is 1. The maximum Gasteiger partial charge on any atom is 0.317 e. The molecule has 140 valence electrons. The van der Waals surface area contributed by atoms with E-state index in [2.05, 4.69) is 6.58 Å². The van der Waals surface area contributed by atoms with Crippen molar-refractivity contribution >= 4 is 23.7 Å². The molecule has 7 fully saturated rings. The maximum absolute atomic E-state index is 13.7. The van der Waals surface area contributed by atoms with E-state index in [1.54, 1.807) is 0 Å². The molecule has 7 aliphatic rings. The molecule has 27 heavy (non-hydrogen) atoms. The van der Waals surface area contributed by atoms with Gasteiger partial charge in [-0.25, -0.2) is 0 Å². The fourth-order valence-corrected chi connectivity index (χ4v) is 9.09. The molecule has 5 saturated carbocycles. The summed E-state index contributed by atoms with van der Waals surface area (Å²) in [6.45, 7) is 3.92. The Morgan fingerprint density at radius 1 is 0.741 bits per heavy atom. The number of esters is 3. The Labute approximate surface area is 155 Å². The fraction of sp³-hybridized carbons (Fsp3) is 0.714. The fourth-order valence-electron chi connectivity index (χ4n) is 9.09. The third kappa shape index (κ3) is 1.32. The van der Waals surface area contributed by atoms with Crippen molar-refractivity contribution in [3.05, 3.63) is 12.3 Å². The molecule has 2 aliphatic heterocycles. The van der Waals surface area contributed by atoms with Gasteiger partial charge in [0.05, 0.1) is 17.8 Å². The van der Waals surface area contributed by atoms with Crippen LogP contribution >= 0.6 is 0 Å². The molecule has 10 unspecified atom stereocenters. The Morgan fingerprint density at radius 3 is 1.89 bits per heavy atom. The first-order chi connectivity index (χ1) is 12.9. The Bertz CT molecular complexity index is 834. The second-order valence-corrected chi connectivity index (χ2v) is 10.2. The molecule has 2 spiro atoms. The topological polar surface area (TPSA) is 86.7 Å². The van der Waals surface area contributed by atoms with Crippen LogP contribution in [-0.2, 0) is 28.7 Å². The van der Waals surface area contributed by atoms with Crippen LogP contribution in [0.4, 0.5) is 0 Å². The van der Waals surface area contributed by atoms with Gasteiger partial charge in [-0.05, 0) is 55.8 Å². The highest BCUT2D eigenvalue weighted by Crippen LogP contribution is 2.79. The summed E-state index contributed by atoms with van der Waals surface area (Å²) in [4.78, 5) is 50.3. The molecule has 2 saturated heterocycles. The summed E-state index contributed by atoms with van der Waals surface area (Å²) < 4.78 is 10.2. The summed E-state index contributed by atoms with van der Waals surface area (Å²) >= 11 is 0. The van der Waals surface area contributed by atoms with E-state index >= 15 is 0 Å². The number of Topliss-reactive ketones (excluding diaryl/α,β-unsaturated/α-hetero) is 1. The molecule has 0 aromatic carbocycles. The summed E-state index contributed by atoms with van der Waals surface area (Å²) in [7, 11) is 0. The Morgan fingerprint density at radius 2 is 1.26 bits per heavy atom. The van der Waals surface area contributed by atoms with Gasteiger partial charge in [0.15, 0.2) is 0 Å². The number of hydrogen-bond donors (Lipinski definition) is 0. The molecule has 4 bridgehead atoms. The van der Waals surface area contributed by atoms with Crippen molar-refractivity contribution in [1.29, 1.82) is 0 Å². The lowest BCUT2D eigenvalue weighted by atomic mass is 9.40. The zero-order valence-electron chi connectivity index (χ0n) is 14.8. The number of carbonyl (C=O) groups is 4. The van der Waals surface area contributed by atoms with Crippen LogP contribution in [0.5, 0.6) is 0 Å². The summed E-state index contributed by atoms with van der Waals surface area (Å²) in [6.07, 6.45) is 4.01. The van der Waals surface area contributed by atoms with E-state index in [1.807, 2.05) is 0 Å². The maximum atomic E-state index is 13.7. The van der Waals surface area contributed by atoms with Crippen molar-refractivity contribution in [3.8, 4) is 0 Å². The standard InChI is InChI=1S/C21H20O6/c1-7-12-8-2-10(14(12)17(23)26-7)20(4-8)6-21(19(20)25)5-9-3-11(21)15-13(9)16(22)27-18(15)24/h8-15H,1-6H2. The number of fused-ring (bicyclic) bond motifs is 12. The van der Waals surface area contributed by atoms with Crippen molar-refractivity contribution in [1.82, 2.24) is 0 Å². The average molecular weight is 368 g/mol. The van der Waals surface area contributed by atoms with Crippen molar-refractivity contribution in [2.75, 3.05) is 0 Å². The molecule has 2 heterocycles. The Hall–Kier alpha value is -1.98. The third-order valence-electron chi connectivity index (χ3n) is 9.60. The minimum Gasteiger partial charge on any atom is -0.431 e. The van der Waals surface area contributed by atoms with Gasteiger partial charge in [-0.3, -0.25) is 19.2 Å². The number of cyclic esters (lactones) is 3. The minimum absolute atomic E-state index is 0.0509. The van der Waals surface area contributed by atoms with Gasteiger partial charge in [-0.2, -0.15) is 0 Å². The Kier molecular flexibility index (Phi) is 2.25. The average Bonchev–Trinajstić information content (AvgIpc) is 3.40. The summed E-state index contributed by atoms with van der Waals surface area (Å²) in [5.74, 6) is -0.600. The van der Waals surface area contributed by atoms with Gasteiger partial charge in [-0.15, -0.1) is 0 Å². The first-order valence-electron chi connectivity index (χ1n) is 10.1. The highest BCUT2D eigenvalue weighted by molar-refractivity contribution is 6.03. The lowest BCUT2D eigenvalue weighted by Gasteiger charge is -2.60. The molecule has 10 atom stereocenters. The van der Waals surface area contributed by atoms with Crippen LogP contribution < -0.4 is 0 Å². The quantitative estimate of drug-likeness (QED) is 0.477. The SMILES string of the molecule is C=C1OC(=O)C2C1C1CC2C2(C1)CC1(CC3CC1C1C(=O)OC(=O)C31)C2=O. The van der Waals surface area contributed by atoms with Crippen LogP contribution in [-0.4, -0.2) is 23.7 Å². The molecule has 6 heteroatoms. The molecule has 7 rings (SSSR count). The predicted molar refractivity (Wildman–Crippen MR) is 87.2 cm³/mol. The second-order valence-electron chi connectivity index (χ2n) is 10.2. The first-order valence-corrected chi connectivity index (χ1v) is 10.1. The molecule has 6 nitrogen and oxygen atoms in total. The monoisotopic (exact) mass is 368 g/mol. The number of ether oxygens (including phenoxy) is 2. The van der Waals surface area contributed by atoms with Crippen LogP contribution in [0.1, 0.15) is 32.1 Å². The number of rotatable bonds is 0. The van der Waals surface area contributed by atoms with Crippen LogP contribution in [0.2, 0.25) is 0 Å². The smallest absolute Gasteiger partial charge is 0.317 e. The van der Waals surface area contributed by atoms with E-state index in [4.69, 9.17) is 9.47 Å². The zero-order valence-corrected chi connectivity index (χ0v) is 14.8. The van der Waals surface area contributed by atoms with Crippen LogP contribution in [0.25, 0.3) is 0 Å². The highest BCUT2D eigenvalue weighted by Gasteiger charge is 2.81. The Balaban J connectivity index is 1.23. The van der Waals surface area contributed by atoms with Gasteiger partial charge in [0.1, 0.15) is 11.5 Å². The predicted octanol–water partition coefficient (Wildman–Crippen LogP) is 1.63. The highest BCUT2D eigenvalue weighted by atomic mass is 16.6. The van der Waals surface area contributed by atoms with Crippen LogP contribution in [0.15, 0.2) is 12.3 Å². The number of carbonyl (C=O) groups excluding carboxylic acids is 4. The first kappa shape index (κ1) is 15.0. The van der Waals surface area contributed by atoms with Crippen molar-refractivity contribution in [2.45, 2.75) is 32.1 Å². The minimum atomic E-state index is -0.463. The van der Waals surface area contributed by atoms with Crippen LogP contribution in [0, 0.1) is 58.2 Å². The van der Waals surface area contributed by atoms with E-state index in [0.29, 0.717) is 18.1 Å². The molecule has 0 radical (unpaired) electrons. The lowest BCUT2D eigenvalue weighted by Crippen LogP contribution is -2.65. The van der Waals surface area contributed by atoms with Gasteiger partial charge in [0, 0.05) is 16.7 Å². The van der Waals surface area contributed by atoms with Crippen molar-refractivity contribution in [3.63, 3.8) is 0 Å². The summed E-state index contributed by atoms with van der Waals surface area (Å²) in [5, 5.41) is 0. The van der Waals surface area contributed by atoms with E-state index in [-0.39, 0.29) is 53.2 Å². The van der Waals surface area contributed by atoms with E-state index < -0.39 is 22.7 Å². The van der Waals surface area contributed by atoms with Crippen molar-refractivity contribution in [2.24, 2.45) is 58.2 Å². The number of hydrogen-bond acceptors (Lipinski definition) is 6. The molecule has 0 aromatic rings. The summed E-state index contributed by atoms with van der Waals surface area (Å²) in [6, 6.07) is 0. The van der Waals surface area contributed by atoms with Crippen LogP contribution in [0.3, 0.4) is 0 Å². The summed E-state index contributed by atoms with van der Waals surface area (Å²) in [5.41, 5.74) is -0.878. The number of ketones is 1. The van der Waals surface area contributed by atoms with Gasteiger partial charge in [-0.1, -0.05) is 6.58 Å².